The molecule has 0 aliphatic carbocycles. The zero-order valence-corrected chi connectivity index (χ0v) is 15.7. The highest BCUT2D eigenvalue weighted by atomic mass is 35.5. The molecule has 1 aromatic carbocycles. The molecule has 0 bridgehead atoms. The lowest BCUT2D eigenvalue weighted by atomic mass is 9.84. The van der Waals surface area contributed by atoms with Crippen molar-refractivity contribution in [3.8, 4) is 11.8 Å². The van der Waals surface area contributed by atoms with E-state index in [1.807, 2.05) is 13.0 Å². The summed E-state index contributed by atoms with van der Waals surface area (Å²) in [5.74, 6) is 0.163. The first kappa shape index (κ1) is 18.1. The van der Waals surface area contributed by atoms with Crippen LogP contribution >= 0.6 is 11.6 Å². The van der Waals surface area contributed by atoms with E-state index in [0.717, 1.165) is 11.3 Å². The lowest BCUT2D eigenvalue weighted by molar-refractivity contribution is 0.386. The lowest BCUT2D eigenvalue weighted by Crippen LogP contribution is -2.33. The van der Waals surface area contributed by atoms with Gasteiger partial charge in [-0.1, -0.05) is 37.6 Å². The molecule has 26 heavy (non-hydrogen) atoms. The van der Waals surface area contributed by atoms with E-state index in [0.29, 0.717) is 28.8 Å². The first-order valence-corrected chi connectivity index (χ1v) is 8.78. The van der Waals surface area contributed by atoms with Crippen LogP contribution in [-0.4, -0.2) is 4.57 Å². The molecule has 2 N–H and O–H groups in total. The van der Waals surface area contributed by atoms with Crippen molar-refractivity contribution in [3.05, 3.63) is 74.0 Å². The van der Waals surface area contributed by atoms with E-state index in [-0.39, 0.29) is 17.0 Å². The molecule has 2 heterocycles. The quantitative estimate of drug-likeness (QED) is 0.894. The van der Waals surface area contributed by atoms with E-state index in [1.165, 1.54) is 0 Å². The van der Waals surface area contributed by atoms with Gasteiger partial charge in [0.2, 0.25) is 5.88 Å². The number of nitrogens with zero attached hydrogens (tertiary/aromatic N) is 2. The van der Waals surface area contributed by atoms with Crippen LogP contribution in [0.1, 0.15) is 36.6 Å². The number of ether oxygens (including phenoxy) is 1. The first-order chi connectivity index (χ1) is 12.3. The number of hydrogen-bond acceptors (Lipinski definition) is 4. The van der Waals surface area contributed by atoms with Gasteiger partial charge in [-0.05, 0) is 30.5 Å². The summed E-state index contributed by atoms with van der Waals surface area (Å²) < 4.78 is 7.36. The monoisotopic (exact) mass is 369 g/mol. The zero-order valence-electron chi connectivity index (χ0n) is 14.9. The molecule has 0 spiro atoms. The van der Waals surface area contributed by atoms with Crippen molar-refractivity contribution in [2.45, 2.75) is 33.2 Å². The Hall–Kier alpha value is -2.71. The fourth-order valence-corrected chi connectivity index (χ4v) is 3.39. The molecule has 1 aliphatic rings. The number of fused-ring (bicyclic) bond motifs is 1. The van der Waals surface area contributed by atoms with E-state index in [9.17, 15) is 10.1 Å². The second kappa shape index (κ2) is 6.89. The molecule has 5 nitrogen and oxygen atoms in total. The Morgan fingerprint density at radius 3 is 2.58 bits per heavy atom. The maximum atomic E-state index is 13.3. The number of halogens is 1. The summed E-state index contributed by atoms with van der Waals surface area (Å²) in [5, 5.41) is 10.2. The van der Waals surface area contributed by atoms with Crippen molar-refractivity contribution in [2.75, 3.05) is 0 Å². The van der Waals surface area contributed by atoms with Crippen molar-refractivity contribution in [3.63, 3.8) is 0 Å². The second-order valence-corrected chi connectivity index (χ2v) is 7.29. The highest BCUT2D eigenvalue weighted by Crippen LogP contribution is 2.40. The topological polar surface area (TPSA) is 81.0 Å². The Morgan fingerprint density at radius 1 is 1.35 bits per heavy atom. The van der Waals surface area contributed by atoms with E-state index < -0.39 is 5.92 Å². The minimum absolute atomic E-state index is 0.0281. The second-order valence-electron chi connectivity index (χ2n) is 6.85. The molecule has 3 rings (SSSR count). The molecule has 0 radical (unpaired) electrons. The van der Waals surface area contributed by atoms with Gasteiger partial charge in [0, 0.05) is 23.3 Å². The van der Waals surface area contributed by atoms with Crippen LogP contribution in [0.25, 0.3) is 0 Å². The van der Waals surface area contributed by atoms with Crippen molar-refractivity contribution in [1.82, 2.24) is 4.57 Å². The maximum Gasteiger partial charge on any atom is 0.258 e. The Morgan fingerprint density at radius 2 is 2.00 bits per heavy atom. The van der Waals surface area contributed by atoms with Gasteiger partial charge in [-0.25, -0.2) is 0 Å². The molecule has 0 amide bonds. The first-order valence-electron chi connectivity index (χ1n) is 8.40. The van der Waals surface area contributed by atoms with E-state index in [1.54, 1.807) is 28.8 Å². The van der Waals surface area contributed by atoms with Crippen LogP contribution in [0, 0.1) is 24.2 Å². The lowest BCUT2D eigenvalue weighted by Gasteiger charge is -2.27. The number of nitriles is 1. The minimum atomic E-state index is -0.576. The zero-order chi connectivity index (χ0) is 19.0. The predicted molar refractivity (Wildman–Crippen MR) is 101 cm³/mol. The number of pyridine rings is 1. The van der Waals surface area contributed by atoms with Gasteiger partial charge in [-0.15, -0.1) is 0 Å². The van der Waals surface area contributed by atoms with Crippen LogP contribution in [-0.2, 0) is 6.54 Å². The number of rotatable bonds is 3. The van der Waals surface area contributed by atoms with Crippen LogP contribution in [0.4, 0.5) is 0 Å². The molecule has 0 saturated carbocycles. The van der Waals surface area contributed by atoms with Crippen LogP contribution in [0.3, 0.4) is 0 Å². The molecule has 1 aromatic heterocycles. The van der Waals surface area contributed by atoms with E-state index in [4.69, 9.17) is 22.1 Å². The molecule has 1 atom stereocenters. The van der Waals surface area contributed by atoms with Crippen LogP contribution < -0.4 is 16.0 Å². The molecule has 2 aromatic rings. The average Bonchev–Trinajstić information content (AvgIpc) is 2.58. The SMILES string of the molecule is Cc1cc2c(c(=O)n1CC(C)C)[C@@H](c1ccc(Cl)cc1)C(C#N)=C(N)O2. The third-order valence-corrected chi connectivity index (χ3v) is 4.69. The summed E-state index contributed by atoms with van der Waals surface area (Å²) in [7, 11) is 0. The van der Waals surface area contributed by atoms with Crippen molar-refractivity contribution in [2.24, 2.45) is 11.7 Å². The fourth-order valence-electron chi connectivity index (χ4n) is 3.27. The summed E-state index contributed by atoms with van der Waals surface area (Å²) in [4.78, 5) is 13.3. The highest BCUT2D eigenvalue weighted by molar-refractivity contribution is 6.30. The fraction of sp³-hybridized carbons (Fsp3) is 0.300. The van der Waals surface area contributed by atoms with E-state index in [2.05, 4.69) is 19.9 Å². The molecular weight excluding hydrogens is 350 g/mol. The number of allylic oxidation sites excluding steroid dienone is 1. The van der Waals surface area contributed by atoms with Crippen molar-refractivity contribution in [1.29, 1.82) is 5.26 Å². The van der Waals surface area contributed by atoms with Crippen LogP contribution in [0.2, 0.25) is 5.02 Å². The number of aromatic nitrogens is 1. The Labute approximate surface area is 157 Å². The summed E-state index contributed by atoms with van der Waals surface area (Å²) in [6.07, 6.45) is 0. The van der Waals surface area contributed by atoms with Gasteiger partial charge >= 0.3 is 0 Å². The minimum Gasteiger partial charge on any atom is -0.440 e. The van der Waals surface area contributed by atoms with E-state index >= 15 is 0 Å². The van der Waals surface area contributed by atoms with Gasteiger partial charge in [0.25, 0.3) is 5.56 Å². The molecule has 1 aliphatic heterocycles. The molecule has 0 unspecified atom stereocenters. The summed E-state index contributed by atoms with van der Waals surface area (Å²) >= 11 is 5.99. The molecule has 6 heteroatoms. The molecular formula is C20H20ClN3O2. The van der Waals surface area contributed by atoms with Gasteiger partial charge in [0.15, 0.2) is 0 Å². The van der Waals surface area contributed by atoms with Crippen LogP contribution in [0.15, 0.2) is 46.6 Å². The number of nitrogens with two attached hydrogens (primary N) is 1. The van der Waals surface area contributed by atoms with Crippen molar-refractivity contribution >= 4 is 11.6 Å². The normalized spacial score (nSPS) is 16.2. The standard InChI is InChI=1S/C20H20ClN3O2/c1-11(2)10-24-12(3)8-16-18(20(24)25)17(15(9-22)19(23)26-16)13-4-6-14(21)7-5-13/h4-8,11,17H,10,23H2,1-3H3/t17-/m0/s1. The van der Waals surface area contributed by atoms with Gasteiger partial charge in [-0.3, -0.25) is 4.79 Å². The van der Waals surface area contributed by atoms with Gasteiger partial charge in [0.05, 0.1) is 11.5 Å². The molecule has 0 saturated heterocycles. The average molecular weight is 370 g/mol. The maximum absolute atomic E-state index is 13.3. The Kier molecular flexibility index (Phi) is 4.80. The number of aryl methyl sites for hydroxylation is 1. The smallest absolute Gasteiger partial charge is 0.258 e. The summed E-state index contributed by atoms with van der Waals surface area (Å²) in [5.41, 5.74) is 8.06. The Bertz CT molecular complexity index is 982. The largest absolute Gasteiger partial charge is 0.440 e. The van der Waals surface area contributed by atoms with Gasteiger partial charge in [0.1, 0.15) is 17.4 Å². The molecule has 134 valence electrons. The van der Waals surface area contributed by atoms with Crippen LogP contribution in [0.5, 0.6) is 5.75 Å². The highest BCUT2D eigenvalue weighted by Gasteiger charge is 2.34. The van der Waals surface area contributed by atoms with Crippen molar-refractivity contribution < 1.29 is 4.74 Å². The summed E-state index contributed by atoms with van der Waals surface area (Å²) in [6.45, 7) is 6.56. The number of benzene rings is 1. The summed E-state index contributed by atoms with van der Waals surface area (Å²) in [6, 6.07) is 11.0. The van der Waals surface area contributed by atoms with Gasteiger partial charge < -0.3 is 15.0 Å². The Balaban J connectivity index is 2.29. The number of hydrogen-bond donors (Lipinski definition) is 1. The predicted octanol–water partition coefficient (Wildman–Crippen LogP) is 3.68. The third-order valence-electron chi connectivity index (χ3n) is 4.44. The third kappa shape index (κ3) is 3.09. The van der Waals surface area contributed by atoms with Gasteiger partial charge in [-0.2, -0.15) is 5.26 Å². The molecule has 0 fully saturated rings.